The summed E-state index contributed by atoms with van der Waals surface area (Å²) in [5.41, 5.74) is 2.35. The average molecular weight is 382 g/mol. The van der Waals surface area contributed by atoms with E-state index in [-0.39, 0.29) is 18.2 Å². The van der Waals surface area contributed by atoms with E-state index in [4.69, 9.17) is 0 Å². The zero-order chi connectivity index (χ0) is 19.9. The number of nitrogens with zero attached hydrogens (tertiary/aromatic N) is 2. The molecular formula is C21H26N4O3. The SMILES string of the molecule is CNC(=O)C(CCC=O)N1Cc2cc(C#CCN3CCNCC3)ccc2C1=O. The fourth-order valence-electron chi connectivity index (χ4n) is 3.62. The molecule has 7 heteroatoms. The van der Waals surface area contributed by atoms with E-state index in [0.29, 0.717) is 18.5 Å². The smallest absolute Gasteiger partial charge is 0.255 e. The predicted octanol–water partition coefficient (Wildman–Crippen LogP) is -0.00720. The third-order valence-electron chi connectivity index (χ3n) is 5.17. The van der Waals surface area contributed by atoms with E-state index >= 15 is 0 Å². The summed E-state index contributed by atoms with van der Waals surface area (Å²) in [6.45, 7) is 5.09. The standard InChI is InChI=1S/C21H26N4O3/c1-22-20(27)19(5-3-13-26)25-15-17-14-16(6-7-18(17)21(25)28)4-2-10-24-11-8-23-9-12-24/h6-7,13-14,19,23H,3,5,8-12,15H2,1H3,(H,22,27). The van der Waals surface area contributed by atoms with Crippen LogP contribution in [0.25, 0.3) is 0 Å². The van der Waals surface area contributed by atoms with Gasteiger partial charge in [-0.1, -0.05) is 11.8 Å². The number of carbonyl (C=O) groups excluding carboxylic acids is 3. The molecule has 7 nitrogen and oxygen atoms in total. The first kappa shape index (κ1) is 20.1. The second kappa shape index (κ2) is 9.49. The van der Waals surface area contributed by atoms with Gasteiger partial charge >= 0.3 is 0 Å². The van der Waals surface area contributed by atoms with Gasteiger partial charge in [0.15, 0.2) is 0 Å². The highest BCUT2D eigenvalue weighted by atomic mass is 16.2. The Balaban J connectivity index is 1.70. The van der Waals surface area contributed by atoms with Gasteiger partial charge in [0.05, 0.1) is 6.54 Å². The van der Waals surface area contributed by atoms with Crippen LogP contribution in [0, 0.1) is 11.8 Å². The number of aldehydes is 1. The summed E-state index contributed by atoms with van der Waals surface area (Å²) < 4.78 is 0. The molecule has 0 bridgehead atoms. The van der Waals surface area contributed by atoms with Crippen molar-refractivity contribution in [1.82, 2.24) is 20.4 Å². The van der Waals surface area contributed by atoms with E-state index in [2.05, 4.69) is 27.4 Å². The summed E-state index contributed by atoms with van der Waals surface area (Å²) >= 11 is 0. The molecule has 2 amide bonds. The predicted molar refractivity (Wildman–Crippen MR) is 106 cm³/mol. The number of nitrogens with one attached hydrogen (secondary N) is 2. The van der Waals surface area contributed by atoms with Crippen LogP contribution in [0.3, 0.4) is 0 Å². The summed E-state index contributed by atoms with van der Waals surface area (Å²) in [5, 5.41) is 5.91. The fraction of sp³-hybridized carbons (Fsp3) is 0.476. The normalized spacial score (nSPS) is 17.5. The van der Waals surface area contributed by atoms with Gasteiger partial charge in [0.1, 0.15) is 12.3 Å². The zero-order valence-electron chi connectivity index (χ0n) is 16.2. The average Bonchev–Trinajstić information content (AvgIpc) is 3.04. The number of likely N-dealkylation sites (N-methyl/N-ethyl adjacent to an activating group) is 1. The first-order valence-corrected chi connectivity index (χ1v) is 9.65. The lowest BCUT2D eigenvalue weighted by Gasteiger charge is -2.25. The molecule has 0 aliphatic carbocycles. The van der Waals surface area contributed by atoms with Gasteiger partial charge in [-0.25, -0.2) is 0 Å². The number of benzene rings is 1. The molecule has 0 saturated carbocycles. The van der Waals surface area contributed by atoms with Crippen LogP contribution in [0.5, 0.6) is 0 Å². The molecule has 0 aromatic heterocycles. The maximum absolute atomic E-state index is 12.8. The van der Waals surface area contributed by atoms with E-state index in [0.717, 1.165) is 50.1 Å². The van der Waals surface area contributed by atoms with Gasteiger partial charge in [-0.05, 0) is 30.2 Å². The maximum atomic E-state index is 12.8. The van der Waals surface area contributed by atoms with Crippen molar-refractivity contribution in [3.63, 3.8) is 0 Å². The Hall–Kier alpha value is -2.69. The summed E-state index contributed by atoms with van der Waals surface area (Å²) in [6.07, 6.45) is 1.33. The second-order valence-corrected chi connectivity index (χ2v) is 7.01. The highest BCUT2D eigenvalue weighted by Crippen LogP contribution is 2.27. The van der Waals surface area contributed by atoms with E-state index in [9.17, 15) is 14.4 Å². The van der Waals surface area contributed by atoms with Crippen LogP contribution < -0.4 is 10.6 Å². The molecule has 1 aromatic rings. The van der Waals surface area contributed by atoms with Crippen molar-refractivity contribution in [2.75, 3.05) is 39.8 Å². The third-order valence-corrected chi connectivity index (χ3v) is 5.17. The van der Waals surface area contributed by atoms with Gasteiger partial charge in [0.25, 0.3) is 5.91 Å². The Morgan fingerprint density at radius 1 is 1.36 bits per heavy atom. The first-order chi connectivity index (χ1) is 13.6. The van der Waals surface area contributed by atoms with Crippen molar-refractivity contribution in [2.24, 2.45) is 0 Å². The van der Waals surface area contributed by atoms with E-state index in [1.54, 1.807) is 11.0 Å². The Kier molecular flexibility index (Phi) is 6.80. The molecule has 1 fully saturated rings. The second-order valence-electron chi connectivity index (χ2n) is 7.01. The van der Waals surface area contributed by atoms with Crippen LogP contribution in [-0.4, -0.2) is 73.7 Å². The fourth-order valence-corrected chi connectivity index (χ4v) is 3.62. The third kappa shape index (κ3) is 4.58. The van der Waals surface area contributed by atoms with Crippen LogP contribution in [0.1, 0.15) is 34.3 Å². The number of fused-ring (bicyclic) bond motifs is 1. The van der Waals surface area contributed by atoms with Gasteiger partial charge in [0.2, 0.25) is 5.91 Å². The molecule has 0 radical (unpaired) electrons. The lowest BCUT2D eigenvalue weighted by atomic mass is 10.1. The number of carbonyl (C=O) groups is 3. The Morgan fingerprint density at radius 2 is 2.14 bits per heavy atom. The molecule has 2 aliphatic heterocycles. The molecule has 28 heavy (non-hydrogen) atoms. The molecule has 2 N–H and O–H groups in total. The number of hydrogen-bond donors (Lipinski definition) is 2. The van der Waals surface area contributed by atoms with Crippen molar-refractivity contribution in [1.29, 1.82) is 0 Å². The van der Waals surface area contributed by atoms with Gasteiger partial charge in [-0.15, -0.1) is 0 Å². The highest BCUT2D eigenvalue weighted by Gasteiger charge is 2.35. The van der Waals surface area contributed by atoms with Crippen molar-refractivity contribution < 1.29 is 14.4 Å². The Bertz CT molecular complexity index is 806. The number of piperazine rings is 1. The van der Waals surface area contributed by atoms with Crippen LogP contribution in [0.15, 0.2) is 18.2 Å². The number of amides is 2. The van der Waals surface area contributed by atoms with Crippen molar-refractivity contribution in [3.8, 4) is 11.8 Å². The summed E-state index contributed by atoms with van der Waals surface area (Å²) in [7, 11) is 1.54. The van der Waals surface area contributed by atoms with Gasteiger partial charge in [-0.3, -0.25) is 14.5 Å². The number of rotatable bonds is 6. The maximum Gasteiger partial charge on any atom is 0.255 e. The quantitative estimate of drug-likeness (QED) is 0.534. The van der Waals surface area contributed by atoms with Gasteiger partial charge in [0, 0.05) is 57.3 Å². The minimum Gasteiger partial charge on any atom is -0.357 e. The largest absolute Gasteiger partial charge is 0.357 e. The molecule has 148 valence electrons. The van der Waals surface area contributed by atoms with E-state index in [1.807, 2.05) is 12.1 Å². The van der Waals surface area contributed by atoms with Crippen molar-refractivity contribution >= 4 is 18.1 Å². The Morgan fingerprint density at radius 3 is 2.86 bits per heavy atom. The topological polar surface area (TPSA) is 81.8 Å². The van der Waals surface area contributed by atoms with Crippen molar-refractivity contribution in [3.05, 3.63) is 34.9 Å². The van der Waals surface area contributed by atoms with Crippen molar-refractivity contribution in [2.45, 2.75) is 25.4 Å². The molecule has 0 spiro atoms. The molecule has 1 atom stereocenters. The monoisotopic (exact) mass is 382 g/mol. The molecule has 1 aromatic carbocycles. The summed E-state index contributed by atoms with van der Waals surface area (Å²) in [5.74, 6) is 5.97. The lowest BCUT2D eigenvalue weighted by molar-refractivity contribution is -0.125. The lowest BCUT2D eigenvalue weighted by Crippen LogP contribution is -2.46. The van der Waals surface area contributed by atoms with Gasteiger partial charge in [-0.2, -0.15) is 0 Å². The zero-order valence-corrected chi connectivity index (χ0v) is 16.2. The molecule has 2 heterocycles. The Labute approximate surface area is 165 Å². The van der Waals surface area contributed by atoms with Crippen LogP contribution >= 0.6 is 0 Å². The van der Waals surface area contributed by atoms with Gasteiger partial charge < -0.3 is 20.3 Å². The molecule has 3 rings (SSSR count). The summed E-state index contributed by atoms with van der Waals surface area (Å²) in [6, 6.07) is 4.93. The van der Waals surface area contributed by atoms with E-state index < -0.39 is 6.04 Å². The van der Waals surface area contributed by atoms with E-state index in [1.165, 1.54) is 7.05 Å². The summed E-state index contributed by atoms with van der Waals surface area (Å²) in [4.78, 5) is 39.6. The molecule has 1 unspecified atom stereocenters. The van der Waals surface area contributed by atoms with Crippen LogP contribution in [0.2, 0.25) is 0 Å². The molecule has 2 aliphatic rings. The number of hydrogen-bond acceptors (Lipinski definition) is 5. The van der Waals surface area contributed by atoms with Crippen LogP contribution in [-0.2, 0) is 16.1 Å². The van der Waals surface area contributed by atoms with Crippen LogP contribution in [0.4, 0.5) is 0 Å². The minimum absolute atomic E-state index is 0.171. The minimum atomic E-state index is -0.641. The highest BCUT2D eigenvalue weighted by molar-refractivity contribution is 6.01. The first-order valence-electron chi connectivity index (χ1n) is 9.65. The molecular weight excluding hydrogens is 356 g/mol. The molecule has 1 saturated heterocycles.